The second kappa shape index (κ2) is 4.62. The van der Waals surface area contributed by atoms with E-state index in [1.165, 1.54) is 17.2 Å². The van der Waals surface area contributed by atoms with Gasteiger partial charge in [-0.3, -0.25) is 0 Å². The van der Waals surface area contributed by atoms with Gasteiger partial charge in [-0.05, 0) is 48.2 Å². The minimum atomic E-state index is -0.208. The maximum Gasteiger partial charge on any atom is 0.146 e. The number of nitrogens with one attached hydrogen (secondary N) is 1. The monoisotopic (exact) mass is 261 g/mol. The Balaban J connectivity index is 1.87. The highest BCUT2D eigenvalue weighted by molar-refractivity contribution is 6.30. The third-order valence-electron chi connectivity index (χ3n) is 3.39. The molecule has 0 saturated heterocycles. The number of hydrogen-bond acceptors (Lipinski definition) is 1. The van der Waals surface area contributed by atoms with E-state index in [0.717, 1.165) is 17.9 Å². The zero-order valence-corrected chi connectivity index (χ0v) is 10.5. The highest BCUT2D eigenvalue weighted by Crippen LogP contribution is 2.35. The number of halogens is 2. The summed E-state index contributed by atoms with van der Waals surface area (Å²) in [6.07, 6.45) is 1.96. The second-order valence-corrected chi connectivity index (χ2v) is 5.00. The van der Waals surface area contributed by atoms with E-state index >= 15 is 0 Å². The maximum absolute atomic E-state index is 13.6. The predicted molar refractivity (Wildman–Crippen MR) is 72.5 cm³/mol. The number of rotatable bonds is 2. The Morgan fingerprint density at radius 3 is 2.83 bits per heavy atom. The first-order valence-corrected chi connectivity index (χ1v) is 6.41. The van der Waals surface area contributed by atoms with Crippen LogP contribution in [-0.4, -0.2) is 0 Å². The van der Waals surface area contributed by atoms with Crippen molar-refractivity contribution < 1.29 is 4.39 Å². The molecular weight excluding hydrogens is 249 g/mol. The van der Waals surface area contributed by atoms with Gasteiger partial charge in [-0.2, -0.15) is 0 Å². The van der Waals surface area contributed by atoms with Crippen LogP contribution in [0.2, 0.25) is 5.02 Å². The first-order chi connectivity index (χ1) is 8.74. The van der Waals surface area contributed by atoms with Crippen LogP contribution >= 0.6 is 11.6 Å². The van der Waals surface area contributed by atoms with Crippen molar-refractivity contribution in [1.82, 2.24) is 0 Å². The molecule has 1 unspecified atom stereocenters. The van der Waals surface area contributed by atoms with Crippen LogP contribution in [0.1, 0.15) is 23.6 Å². The molecule has 0 aromatic heterocycles. The van der Waals surface area contributed by atoms with Crippen LogP contribution in [0.25, 0.3) is 0 Å². The zero-order valence-electron chi connectivity index (χ0n) is 9.79. The molecule has 0 fully saturated rings. The predicted octanol–water partition coefficient (Wildman–Crippen LogP) is 4.58. The van der Waals surface area contributed by atoms with Gasteiger partial charge in [0.05, 0.1) is 11.7 Å². The van der Waals surface area contributed by atoms with Crippen LogP contribution in [0.4, 0.5) is 10.1 Å². The summed E-state index contributed by atoms with van der Waals surface area (Å²) in [5, 5.41) is 4.03. The first-order valence-electron chi connectivity index (χ1n) is 6.03. The van der Waals surface area contributed by atoms with Crippen molar-refractivity contribution in [3.8, 4) is 0 Å². The molecule has 0 saturated carbocycles. The van der Waals surface area contributed by atoms with E-state index in [-0.39, 0.29) is 11.9 Å². The fourth-order valence-electron chi connectivity index (χ4n) is 2.50. The molecule has 18 heavy (non-hydrogen) atoms. The van der Waals surface area contributed by atoms with Crippen LogP contribution in [0.5, 0.6) is 0 Å². The maximum atomic E-state index is 13.6. The topological polar surface area (TPSA) is 12.0 Å². The Morgan fingerprint density at radius 2 is 2.00 bits per heavy atom. The summed E-state index contributed by atoms with van der Waals surface area (Å²) in [6.45, 7) is 0. The van der Waals surface area contributed by atoms with Crippen LogP contribution in [0.3, 0.4) is 0 Å². The van der Waals surface area contributed by atoms with E-state index in [0.29, 0.717) is 5.69 Å². The summed E-state index contributed by atoms with van der Waals surface area (Å²) in [5.41, 5.74) is 3.05. The second-order valence-electron chi connectivity index (χ2n) is 4.56. The summed E-state index contributed by atoms with van der Waals surface area (Å²) < 4.78 is 13.6. The third-order valence-corrected chi connectivity index (χ3v) is 3.62. The Bertz CT molecular complexity index is 582. The van der Waals surface area contributed by atoms with E-state index in [1.807, 2.05) is 24.3 Å². The highest BCUT2D eigenvalue weighted by atomic mass is 35.5. The Kier molecular flexibility index (Phi) is 2.96. The number of fused-ring (bicyclic) bond motifs is 1. The van der Waals surface area contributed by atoms with Crippen molar-refractivity contribution in [3.63, 3.8) is 0 Å². The van der Waals surface area contributed by atoms with Gasteiger partial charge in [-0.1, -0.05) is 29.8 Å². The summed E-state index contributed by atoms with van der Waals surface area (Å²) >= 11 is 5.98. The summed E-state index contributed by atoms with van der Waals surface area (Å²) in [6, 6.07) is 12.9. The number of anilines is 1. The summed E-state index contributed by atoms with van der Waals surface area (Å²) in [7, 11) is 0. The van der Waals surface area contributed by atoms with Gasteiger partial charge in [-0.15, -0.1) is 0 Å². The molecule has 2 aromatic rings. The SMILES string of the molecule is Fc1ccccc1NC1CCc2cc(Cl)ccc21. The van der Waals surface area contributed by atoms with Gasteiger partial charge in [0.15, 0.2) is 0 Å². The minimum Gasteiger partial charge on any atom is -0.376 e. The molecule has 0 spiro atoms. The van der Waals surface area contributed by atoms with Gasteiger partial charge >= 0.3 is 0 Å². The normalized spacial score (nSPS) is 17.6. The fourth-order valence-corrected chi connectivity index (χ4v) is 2.70. The lowest BCUT2D eigenvalue weighted by molar-refractivity contribution is 0.625. The lowest BCUT2D eigenvalue weighted by Gasteiger charge is -2.16. The van der Waals surface area contributed by atoms with Crippen LogP contribution in [0.15, 0.2) is 42.5 Å². The van der Waals surface area contributed by atoms with Crippen LogP contribution in [0, 0.1) is 5.82 Å². The molecule has 1 nitrogen and oxygen atoms in total. The molecule has 0 heterocycles. The van der Waals surface area contributed by atoms with Crippen molar-refractivity contribution in [3.05, 3.63) is 64.4 Å². The largest absolute Gasteiger partial charge is 0.376 e. The molecule has 1 N–H and O–H groups in total. The molecule has 1 aliphatic rings. The Labute approximate surface area is 111 Å². The number of benzene rings is 2. The van der Waals surface area contributed by atoms with Gasteiger partial charge in [0.25, 0.3) is 0 Å². The molecule has 3 heteroatoms. The van der Waals surface area contributed by atoms with Gasteiger partial charge in [0, 0.05) is 5.02 Å². The van der Waals surface area contributed by atoms with Crippen molar-refractivity contribution in [1.29, 1.82) is 0 Å². The first kappa shape index (κ1) is 11.5. The highest BCUT2D eigenvalue weighted by Gasteiger charge is 2.22. The molecule has 0 radical (unpaired) electrons. The number of hydrogen-bond donors (Lipinski definition) is 1. The summed E-state index contributed by atoms with van der Waals surface area (Å²) in [4.78, 5) is 0. The Morgan fingerprint density at radius 1 is 1.17 bits per heavy atom. The average molecular weight is 262 g/mol. The quantitative estimate of drug-likeness (QED) is 0.834. The number of aryl methyl sites for hydroxylation is 1. The third kappa shape index (κ3) is 2.08. The van der Waals surface area contributed by atoms with Crippen molar-refractivity contribution in [2.45, 2.75) is 18.9 Å². The van der Waals surface area contributed by atoms with E-state index in [2.05, 4.69) is 5.32 Å². The number of para-hydroxylation sites is 1. The van der Waals surface area contributed by atoms with Gasteiger partial charge in [-0.25, -0.2) is 4.39 Å². The van der Waals surface area contributed by atoms with Gasteiger partial charge < -0.3 is 5.32 Å². The van der Waals surface area contributed by atoms with Gasteiger partial charge in [0.2, 0.25) is 0 Å². The van der Waals surface area contributed by atoms with E-state index in [4.69, 9.17) is 11.6 Å². The van der Waals surface area contributed by atoms with E-state index in [9.17, 15) is 4.39 Å². The Hall–Kier alpha value is -1.54. The lowest BCUT2D eigenvalue weighted by Crippen LogP contribution is -2.08. The average Bonchev–Trinajstić information content (AvgIpc) is 2.74. The molecule has 0 amide bonds. The smallest absolute Gasteiger partial charge is 0.146 e. The molecule has 0 aliphatic heterocycles. The standard InChI is InChI=1S/C15H13ClFN/c16-11-6-7-12-10(9-11)5-8-14(12)18-15-4-2-1-3-13(15)17/h1-4,6-7,9,14,18H,5,8H2. The summed E-state index contributed by atoms with van der Waals surface area (Å²) in [5.74, 6) is -0.208. The molecular formula is C15H13ClFN. The van der Waals surface area contributed by atoms with Crippen molar-refractivity contribution >= 4 is 17.3 Å². The van der Waals surface area contributed by atoms with Gasteiger partial charge in [0.1, 0.15) is 5.82 Å². The van der Waals surface area contributed by atoms with Crippen LogP contribution < -0.4 is 5.32 Å². The molecule has 92 valence electrons. The molecule has 3 rings (SSSR count). The van der Waals surface area contributed by atoms with Crippen LogP contribution in [-0.2, 0) is 6.42 Å². The molecule has 0 bridgehead atoms. The lowest BCUT2D eigenvalue weighted by atomic mass is 10.1. The minimum absolute atomic E-state index is 0.175. The van der Waals surface area contributed by atoms with E-state index in [1.54, 1.807) is 12.1 Å². The molecule has 1 aliphatic carbocycles. The van der Waals surface area contributed by atoms with E-state index < -0.39 is 0 Å². The molecule has 2 aromatic carbocycles. The van der Waals surface area contributed by atoms with Crippen molar-refractivity contribution in [2.24, 2.45) is 0 Å². The van der Waals surface area contributed by atoms with Crippen molar-refractivity contribution in [2.75, 3.05) is 5.32 Å². The molecule has 1 atom stereocenters. The zero-order chi connectivity index (χ0) is 12.5. The fraction of sp³-hybridized carbons (Fsp3) is 0.200.